The molecule has 0 bridgehead atoms. The van der Waals surface area contributed by atoms with Crippen LogP contribution in [0.15, 0.2) is 48.7 Å². The molecule has 4 nitrogen and oxygen atoms in total. The average molecular weight is 295 g/mol. The molecule has 0 fully saturated rings. The van der Waals surface area contributed by atoms with E-state index in [1.54, 1.807) is 0 Å². The van der Waals surface area contributed by atoms with Gasteiger partial charge < -0.3 is 15.5 Å². The summed E-state index contributed by atoms with van der Waals surface area (Å²) in [5, 5.41) is 0. The fourth-order valence-electron chi connectivity index (χ4n) is 2.42. The Balaban J connectivity index is 1.87. The summed E-state index contributed by atoms with van der Waals surface area (Å²) in [6.07, 6.45) is 1.99. The lowest BCUT2D eigenvalue weighted by atomic mass is 9.86. The van der Waals surface area contributed by atoms with E-state index in [4.69, 9.17) is 10.5 Å². The van der Waals surface area contributed by atoms with Gasteiger partial charge in [0, 0.05) is 29.8 Å². The second-order valence-electron chi connectivity index (χ2n) is 6.11. The monoisotopic (exact) mass is 295 g/mol. The molecule has 0 saturated carbocycles. The van der Waals surface area contributed by atoms with Crippen molar-refractivity contribution in [3.8, 4) is 5.88 Å². The van der Waals surface area contributed by atoms with Gasteiger partial charge in [0.05, 0.1) is 11.0 Å². The van der Waals surface area contributed by atoms with Crippen LogP contribution in [-0.4, -0.2) is 16.5 Å². The van der Waals surface area contributed by atoms with Crippen molar-refractivity contribution < 1.29 is 4.74 Å². The van der Waals surface area contributed by atoms with E-state index < -0.39 is 0 Å². The molecule has 0 amide bonds. The van der Waals surface area contributed by atoms with Crippen molar-refractivity contribution in [1.82, 2.24) is 9.97 Å². The van der Waals surface area contributed by atoms with E-state index in [9.17, 15) is 0 Å². The number of nitrogens with zero attached hydrogens (tertiary/aromatic N) is 1. The van der Waals surface area contributed by atoms with Crippen LogP contribution in [0, 0.1) is 0 Å². The standard InChI is InChI=1S/C18H21N3O/c1-18(2,12-19)14-10-20-15-8-9-16(21-17(14)15)22-11-13-6-4-3-5-7-13/h3-10,20H,11-12,19H2,1-2H3. The first-order chi connectivity index (χ1) is 10.6. The lowest BCUT2D eigenvalue weighted by molar-refractivity contribution is 0.295. The van der Waals surface area contributed by atoms with Gasteiger partial charge in [-0.15, -0.1) is 0 Å². The number of hydrogen-bond donors (Lipinski definition) is 2. The molecule has 0 radical (unpaired) electrons. The number of aromatic nitrogens is 2. The van der Waals surface area contributed by atoms with Crippen LogP contribution in [0.3, 0.4) is 0 Å². The summed E-state index contributed by atoms with van der Waals surface area (Å²) in [5.41, 5.74) is 9.95. The highest BCUT2D eigenvalue weighted by atomic mass is 16.5. The van der Waals surface area contributed by atoms with Crippen molar-refractivity contribution in [2.45, 2.75) is 25.9 Å². The van der Waals surface area contributed by atoms with Gasteiger partial charge in [-0.25, -0.2) is 4.98 Å². The number of pyridine rings is 1. The molecule has 0 spiro atoms. The molecule has 0 aliphatic carbocycles. The van der Waals surface area contributed by atoms with Crippen LogP contribution < -0.4 is 10.5 Å². The molecule has 1 aromatic carbocycles. The van der Waals surface area contributed by atoms with E-state index in [1.165, 1.54) is 0 Å². The highest BCUT2D eigenvalue weighted by Crippen LogP contribution is 2.29. The van der Waals surface area contributed by atoms with E-state index in [0.29, 0.717) is 19.0 Å². The lowest BCUT2D eigenvalue weighted by Gasteiger charge is -2.21. The summed E-state index contributed by atoms with van der Waals surface area (Å²) in [6, 6.07) is 14.0. The van der Waals surface area contributed by atoms with Gasteiger partial charge >= 0.3 is 0 Å². The molecule has 4 heteroatoms. The summed E-state index contributed by atoms with van der Waals surface area (Å²) >= 11 is 0. The van der Waals surface area contributed by atoms with Crippen LogP contribution in [0.4, 0.5) is 0 Å². The highest BCUT2D eigenvalue weighted by Gasteiger charge is 2.23. The number of fused-ring (bicyclic) bond motifs is 1. The second-order valence-corrected chi connectivity index (χ2v) is 6.11. The van der Waals surface area contributed by atoms with Crippen LogP contribution in [0.25, 0.3) is 11.0 Å². The van der Waals surface area contributed by atoms with Gasteiger partial charge in [0.2, 0.25) is 5.88 Å². The molecular formula is C18H21N3O. The third kappa shape index (κ3) is 2.83. The summed E-state index contributed by atoms with van der Waals surface area (Å²) in [6.45, 7) is 5.32. The maximum Gasteiger partial charge on any atom is 0.214 e. The molecule has 2 aromatic heterocycles. The zero-order valence-corrected chi connectivity index (χ0v) is 13.0. The fraction of sp³-hybridized carbons (Fsp3) is 0.278. The number of H-pyrrole nitrogens is 1. The zero-order valence-electron chi connectivity index (χ0n) is 13.0. The SMILES string of the molecule is CC(C)(CN)c1c[nH]c2ccc(OCc3ccccc3)nc12. The molecule has 3 rings (SSSR count). The van der Waals surface area contributed by atoms with E-state index in [2.05, 4.69) is 23.8 Å². The van der Waals surface area contributed by atoms with Crippen LogP contribution >= 0.6 is 0 Å². The third-order valence-electron chi connectivity index (χ3n) is 3.97. The van der Waals surface area contributed by atoms with Gasteiger partial charge in [-0.1, -0.05) is 44.2 Å². The Labute approximate surface area is 130 Å². The fourth-order valence-corrected chi connectivity index (χ4v) is 2.42. The predicted molar refractivity (Wildman–Crippen MR) is 88.9 cm³/mol. The number of hydrogen-bond acceptors (Lipinski definition) is 3. The lowest BCUT2D eigenvalue weighted by Crippen LogP contribution is -2.27. The van der Waals surface area contributed by atoms with Gasteiger partial charge in [-0.2, -0.15) is 0 Å². The minimum Gasteiger partial charge on any atom is -0.473 e. The topological polar surface area (TPSA) is 63.9 Å². The third-order valence-corrected chi connectivity index (χ3v) is 3.97. The normalized spacial score (nSPS) is 11.8. The number of aromatic amines is 1. The molecule has 0 aliphatic heterocycles. The van der Waals surface area contributed by atoms with E-state index in [0.717, 1.165) is 22.2 Å². The summed E-state index contributed by atoms with van der Waals surface area (Å²) in [4.78, 5) is 7.91. The Bertz CT molecular complexity index is 762. The summed E-state index contributed by atoms with van der Waals surface area (Å²) < 4.78 is 5.81. The maximum absolute atomic E-state index is 5.89. The largest absolute Gasteiger partial charge is 0.473 e. The number of nitrogens with two attached hydrogens (primary N) is 1. The number of rotatable bonds is 5. The van der Waals surface area contributed by atoms with Crippen LogP contribution in [-0.2, 0) is 12.0 Å². The van der Waals surface area contributed by atoms with E-state index >= 15 is 0 Å². The van der Waals surface area contributed by atoms with Crippen LogP contribution in [0.5, 0.6) is 5.88 Å². The molecule has 22 heavy (non-hydrogen) atoms. The molecule has 0 saturated heterocycles. The van der Waals surface area contributed by atoms with Crippen LogP contribution in [0.2, 0.25) is 0 Å². The van der Waals surface area contributed by atoms with Crippen molar-refractivity contribution in [2.24, 2.45) is 5.73 Å². The molecule has 3 N–H and O–H groups in total. The Morgan fingerprint density at radius 3 is 2.64 bits per heavy atom. The molecule has 114 valence electrons. The zero-order chi connectivity index (χ0) is 15.6. The first-order valence-corrected chi connectivity index (χ1v) is 7.45. The smallest absolute Gasteiger partial charge is 0.214 e. The maximum atomic E-state index is 5.89. The number of benzene rings is 1. The van der Waals surface area contributed by atoms with Gasteiger partial charge in [0.15, 0.2) is 0 Å². The second kappa shape index (κ2) is 5.81. The Kier molecular flexibility index (Phi) is 3.86. The average Bonchev–Trinajstić information content (AvgIpc) is 2.98. The number of nitrogens with one attached hydrogen (secondary N) is 1. The van der Waals surface area contributed by atoms with E-state index in [-0.39, 0.29) is 5.41 Å². The minimum absolute atomic E-state index is 0.122. The minimum atomic E-state index is -0.122. The molecular weight excluding hydrogens is 274 g/mol. The van der Waals surface area contributed by atoms with Crippen molar-refractivity contribution in [3.63, 3.8) is 0 Å². The first-order valence-electron chi connectivity index (χ1n) is 7.45. The highest BCUT2D eigenvalue weighted by molar-refractivity contribution is 5.80. The molecule has 2 heterocycles. The Morgan fingerprint density at radius 2 is 1.91 bits per heavy atom. The quantitative estimate of drug-likeness (QED) is 0.758. The van der Waals surface area contributed by atoms with Crippen LogP contribution in [0.1, 0.15) is 25.0 Å². The van der Waals surface area contributed by atoms with Gasteiger partial charge in [0.25, 0.3) is 0 Å². The predicted octanol–water partition coefficient (Wildman–Crippen LogP) is 3.38. The van der Waals surface area contributed by atoms with E-state index in [1.807, 2.05) is 48.7 Å². The van der Waals surface area contributed by atoms with Gasteiger partial charge in [0.1, 0.15) is 6.61 Å². The first kappa shape index (κ1) is 14.6. The number of ether oxygens (including phenoxy) is 1. The van der Waals surface area contributed by atoms with Crippen molar-refractivity contribution >= 4 is 11.0 Å². The molecule has 3 aromatic rings. The van der Waals surface area contributed by atoms with Gasteiger partial charge in [-0.3, -0.25) is 0 Å². The van der Waals surface area contributed by atoms with Crippen molar-refractivity contribution in [3.05, 3.63) is 59.8 Å². The summed E-state index contributed by atoms with van der Waals surface area (Å²) in [7, 11) is 0. The summed E-state index contributed by atoms with van der Waals surface area (Å²) in [5.74, 6) is 0.630. The molecule has 0 unspecified atom stereocenters. The molecule has 0 aliphatic rings. The van der Waals surface area contributed by atoms with Crippen molar-refractivity contribution in [2.75, 3.05) is 6.54 Å². The Morgan fingerprint density at radius 1 is 1.14 bits per heavy atom. The van der Waals surface area contributed by atoms with Gasteiger partial charge in [-0.05, 0) is 11.6 Å². The van der Waals surface area contributed by atoms with Crippen molar-refractivity contribution in [1.29, 1.82) is 0 Å². The molecule has 0 atom stereocenters. The Hall–Kier alpha value is -2.33.